The van der Waals surface area contributed by atoms with E-state index < -0.39 is 5.54 Å². The van der Waals surface area contributed by atoms with E-state index >= 15 is 0 Å². The first kappa shape index (κ1) is 16.4. The minimum atomic E-state index is -0.509. The summed E-state index contributed by atoms with van der Waals surface area (Å²) in [5.74, 6) is 1.50. The first-order chi connectivity index (χ1) is 11.3. The SMILES string of the molecule is Cc1cc(N(C)C)nc(C2(C)CCCN2C(=O)c2ccn(C)n2)n1. The molecule has 2 aromatic heterocycles. The Balaban J connectivity index is 2.00. The molecule has 0 radical (unpaired) electrons. The number of carbonyl (C=O) groups excluding carboxylic acids is 1. The van der Waals surface area contributed by atoms with Crippen LogP contribution in [-0.2, 0) is 12.6 Å². The molecule has 2 aromatic rings. The highest BCUT2D eigenvalue weighted by atomic mass is 16.2. The van der Waals surface area contributed by atoms with Crippen molar-refractivity contribution in [1.82, 2.24) is 24.6 Å². The first-order valence-electron chi connectivity index (χ1n) is 8.16. The van der Waals surface area contributed by atoms with Gasteiger partial charge in [-0.3, -0.25) is 9.48 Å². The zero-order chi connectivity index (χ0) is 17.5. The van der Waals surface area contributed by atoms with Gasteiger partial charge in [-0.05, 0) is 32.8 Å². The van der Waals surface area contributed by atoms with Crippen LogP contribution < -0.4 is 4.90 Å². The summed E-state index contributed by atoms with van der Waals surface area (Å²) in [6.45, 7) is 4.71. The van der Waals surface area contributed by atoms with Crippen molar-refractivity contribution in [2.45, 2.75) is 32.2 Å². The Morgan fingerprint density at radius 2 is 2.08 bits per heavy atom. The van der Waals surface area contributed by atoms with Crippen molar-refractivity contribution in [2.24, 2.45) is 7.05 Å². The molecule has 1 aliphatic rings. The molecular formula is C17H24N6O. The summed E-state index contributed by atoms with van der Waals surface area (Å²) in [5.41, 5.74) is 0.860. The lowest BCUT2D eigenvalue weighted by molar-refractivity contribution is 0.0596. The second-order valence-electron chi connectivity index (χ2n) is 6.79. The summed E-state index contributed by atoms with van der Waals surface area (Å²) < 4.78 is 1.65. The highest BCUT2D eigenvalue weighted by molar-refractivity contribution is 5.93. The maximum atomic E-state index is 12.9. The molecule has 3 rings (SSSR count). The van der Waals surface area contributed by atoms with E-state index in [1.807, 2.05) is 43.9 Å². The van der Waals surface area contributed by atoms with E-state index in [-0.39, 0.29) is 5.91 Å². The highest BCUT2D eigenvalue weighted by Crippen LogP contribution is 2.38. The van der Waals surface area contributed by atoms with Crippen molar-refractivity contribution in [3.63, 3.8) is 0 Å². The predicted octanol–water partition coefficient (Wildman–Crippen LogP) is 1.74. The molecule has 0 N–H and O–H groups in total. The van der Waals surface area contributed by atoms with E-state index in [0.29, 0.717) is 18.1 Å². The van der Waals surface area contributed by atoms with Gasteiger partial charge >= 0.3 is 0 Å². The number of hydrogen-bond donors (Lipinski definition) is 0. The van der Waals surface area contributed by atoms with Crippen LogP contribution >= 0.6 is 0 Å². The van der Waals surface area contributed by atoms with Gasteiger partial charge in [0.1, 0.15) is 17.1 Å². The second-order valence-corrected chi connectivity index (χ2v) is 6.79. The Labute approximate surface area is 142 Å². The molecule has 0 bridgehead atoms. The Morgan fingerprint density at radius 1 is 1.33 bits per heavy atom. The van der Waals surface area contributed by atoms with Gasteiger partial charge in [0.15, 0.2) is 5.82 Å². The van der Waals surface area contributed by atoms with Gasteiger partial charge in [-0.2, -0.15) is 5.10 Å². The topological polar surface area (TPSA) is 67.2 Å². The molecule has 1 aliphatic heterocycles. The fourth-order valence-corrected chi connectivity index (χ4v) is 3.21. The molecule has 7 nitrogen and oxygen atoms in total. The monoisotopic (exact) mass is 328 g/mol. The molecule has 1 saturated heterocycles. The first-order valence-corrected chi connectivity index (χ1v) is 8.16. The lowest BCUT2D eigenvalue weighted by Gasteiger charge is -2.34. The molecule has 128 valence electrons. The van der Waals surface area contributed by atoms with Crippen molar-refractivity contribution in [3.05, 3.63) is 35.5 Å². The summed E-state index contributed by atoms with van der Waals surface area (Å²) in [7, 11) is 5.73. The number of hydrogen-bond acceptors (Lipinski definition) is 5. The third kappa shape index (κ3) is 2.74. The smallest absolute Gasteiger partial charge is 0.275 e. The number of aryl methyl sites for hydroxylation is 2. The normalized spacial score (nSPS) is 20.5. The molecule has 1 atom stereocenters. The van der Waals surface area contributed by atoms with E-state index in [0.717, 1.165) is 24.4 Å². The maximum absolute atomic E-state index is 12.9. The predicted molar refractivity (Wildman–Crippen MR) is 91.9 cm³/mol. The molecule has 0 spiro atoms. The molecule has 1 fully saturated rings. The molecular weight excluding hydrogens is 304 g/mol. The number of aromatic nitrogens is 4. The van der Waals surface area contributed by atoms with Crippen molar-refractivity contribution in [3.8, 4) is 0 Å². The van der Waals surface area contributed by atoms with Gasteiger partial charge in [-0.25, -0.2) is 9.97 Å². The molecule has 3 heterocycles. The number of carbonyl (C=O) groups is 1. The van der Waals surface area contributed by atoms with Gasteiger partial charge in [0.2, 0.25) is 0 Å². The number of likely N-dealkylation sites (tertiary alicyclic amines) is 1. The van der Waals surface area contributed by atoms with Gasteiger partial charge < -0.3 is 9.80 Å². The summed E-state index contributed by atoms with van der Waals surface area (Å²) in [6.07, 6.45) is 3.57. The van der Waals surface area contributed by atoms with E-state index in [1.54, 1.807) is 16.9 Å². The van der Waals surface area contributed by atoms with Crippen LogP contribution in [0.25, 0.3) is 0 Å². The van der Waals surface area contributed by atoms with Gasteiger partial charge in [-0.15, -0.1) is 0 Å². The zero-order valence-corrected chi connectivity index (χ0v) is 14.9. The summed E-state index contributed by atoms with van der Waals surface area (Å²) in [5, 5.41) is 4.25. The number of amides is 1. The number of anilines is 1. The van der Waals surface area contributed by atoms with Crippen LogP contribution in [0, 0.1) is 6.92 Å². The molecule has 0 aliphatic carbocycles. The second kappa shape index (κ2) is 5.89. The molecule has 24 heavy (non-hydrogen) atoms. The van der Waals surface area contributed by atoms with Crippen LogP contribution in [-0.4, -0.2) is 51.2 Å². The molecule has 1 unspecified atom stereocenters. The summed E-state index contributed by atoms with van der Waals surface area (Å²) in [6, 6.07) is 3.70. The van der Waals surface area contributed by atoms with Crippen molar-refractivity contribution in [2.75, 3.05) is 25.5 Å². The van der Waals surface area contributed by atoms with Gasteiger partial charge in [0, 0.05) is 45.6 Å². The van der Waals surface area contributed by atoms with Gasteiger partial charge in [-0.1, -0.05) is 0 Å². The molecule has 0 aromatic carbocycles. The van der Waals surface area contributed by atoms with Crippen molar-refractivity contribution < 1.29 is 4.79 Å². The minimum absolute atomic E-state index is 0.0629. The Hall–Kier alpha value is -2.44. The highest BCUT2D eigenvalue weighted by Gasteiger charge is 2.44. The number of nitrogens with zero attached hydrogens (tertiary/aromatic N) is 6. The van der Waals surface area contributed by atoms with E-state index in [1.165, 1.54) is 0 Å². The van der Waals surface area contributed by atoms with Crippen LogP contribution in [0.3, 0.4) is 0 Å². The average Bonchev–Trinajstić information content (AvgIpc) is 3.13. The van der Waals surface area contributed by atoms with Crippen LogP contribution in [0.5, 0.6) is 0 Å². The molecule has 1 amide bonds. The van der Waals surface area contributed by atoms with E-state index in [9.17, 15) is 4.79 Å². The molecule has 7 heteroatoms. The Kier molecular flexibility index (Phi) is 4.03. The third-order valence-corrected chi connectivity index (χ3v) is 4.60. The standard InChI is InChI=1S/C17H24N6O/c1-12-11-14(21(3)4)19-16(18-12)17(2)8-6-9-23(17)15(24)13-7-10-22(5)20-13/h7,10-11H,6,8-9H2,1-5H3. The lowest BCUT2D eigenvalue weighted by atomic mass is 9.97. The number of rotatable bonds is 3. The fourth-order valence-electron chi connectivity index (χ4n) is 3.21. The third-order valence-electron chi connectivity index (χ3n) is 4.60. The largest absolute Gasteiger partial charge is 0.363 e. The summed E-state index contributed by atoms with van der Waals surface area (Å²) in [4.78, 5) is 26.1. The maximum Gasteiger partial charge on any atom is 0.275 e. The van der Waals surface area contributed by atoms with E-state index in [2.05, 4.69) is 17.0 Å². The summed E-state index contributed by atoms with van der Waals surface area (Å²) >= 11 is 0. The minimum Gasteiger partial charge on any atom is -0.363 e. The van der Waals surface area contributed by atoms with Crippen LogP contribution in [0.4, 0.5) is 5.82 Å². The van der Waals surface area contributed by atoms with Crippen molar-refractivity contribution >= 4 is 11.7 Å². The fraction of sp³-hybridized carbons (Fsp3) is 0.529. The van der Waals surface area contributed by atoms with Crippen LogP contribution in [0.1, 0.15) is 41.8 Å². The van der Waals surface area contributed by atoms with Crippen LogP contribution in [0.2, 0.25) is 0 Å². The Bertz CT molecular complexity index is 768. The van der Waals surface area contributed by atoms with Crippen molar-refractivity contribution in [1.29, 1.82) is 0 Å². The average molecular weight is 328 g/mol. The van der Waals surface area contributed by atoms with Gasteiger partial charge in [0.05, 0.1) is 0 Å². The Morgan fingerprint density at radius 3 is 2.71 bits per heavy atom. The lowest BCUT2D eigenvalue weighted by Crippen LogP contribution is -2.44. The van der Waals surface area contributed by atoms with Crippen LogP contribution in [0.15, 0.2) is 18.3 Å². The van der Waals surface area contributed by atoms with E-state index in [4.69, 9.17) is 4.98 Å². The van der Waals surface area contributed by atoms with Gasteiger partial charge in [0.25, 0.3) is 5.91 Å². The zero-order valence-electron chi connectivity index (χ0n) is 14.9. The quantitative estimate of drug-likeness (QED) is 0.858. The molecule has 0 saturated carbocycles.